The van der Waals surface area contributed by atoms with Gasteiger partial charge in [-0.05, 0) is 102 Å². The van der Waals surface area contributed by atoms with Crippen molar-refractivity contribution in [1.29, 1.82) is 0 Å². The number of carboxylic acid groups (broad SMARTS) is 2. The van der Waals surface area contributed by atoms with Crippen molar-refractivity contribution in [3.05, 3.63) is 118 Å². The second-order valence-electron chi connectivity index (χ2n) is 11.6. The van der Waals surface area contributed by atoms with Crippen molar-refractivity contribution in [3.8, 4) is 16.9 Å². The SMILES string of the molecule is CC(=O)O.CCC[C@@H](c1ccc(C(=O)NCCC(=O)O)cc1)[C@H](C)c1ccc(OC(F)(F)F)cc1.CNc1ccc(-c2ccc(Cl)cc2C)cc1. The highest BCUT2D eigenvalue weighted by molar-refractivity contribution is 6.30. The van der Waals surface area contributed by atoms with Gasteiger partial charge in [-0.25, -0.2) is 0 Å². The summed E-state index contributed by atoms with van der Waals surface area (Å²) >= 11 is 5.94. The minimum Gasteiger partial charge on any atom is -0.481 e. The van der Waals surface area contributed by atoms with Crippen LogP contribution in [0.3, 0.4) is 0 Å². The molecular formula is C39H44ClF3N2O6. The fourth-order valence-electron chi connectivity index (χ4n) is 5.26. The molecule has 0 bridgehead atoms. The lowest BCUT2D eigenvalue weighted by molar-refractivity contribution is -0.274. The van der Waals surface area contributed by atoms with Crippen LogP contribution < -0.4 is 15.4 Å². The molecule has 4 N–H and O–H groups in total. The number of nitrogens with one attached hydrogen (secondary N) is 2. The number of hydrogen-bond acceptors (Lipinski definition) is 5. The summed E-state index contributed by atoms with van der Waals surface area (Å²) in [6, 6.07) is 27.4. The van der Waals surface area contributed by atoms with Crippen LogP contribution in [0.5, 0.6) is 5.75 Å². The van der Waals surface area contributed by atoms with Crippen molar-refractivity contribution in [2.75, 3.05) is 18.9 Å². The van der Waals surface area contributed by atoms with Gasteiger partial charge in [0.15, 0.2) is 0 Å². The third-order valence-electron chi connectivity index (χ3n) is 7.74. The van der Waals surface area contributed by atoms with Crippen molar-refractivity contribution >= 4 is 35.1 Å². The number of carboxylic acids is 2. The maximum Gasteiger partial charge on any atom is 0.573 e. The Morgan fingerprint density at radius 2 is 1.45 bits per heavy atom. The Kier molecular flexibility index (Phi) is 17.0. The highest BCUT2D eigenvalue weighted by Gasteiger charge is 2.31. The van der Waals surface area contributed by atoms with Crippen molar-refractivity contribution in [2.24, 2.45) is 0 Å². The predicted octanol–water partition coefficient (Wildman–Crippen LogP) is 9.93. The van der Waals surface area contributed by atoms with E-state index in [1.54, 1.807) is 24.3 Å². The summed E-state index contributed by atoms with van der Waals surface area (Å²) in [7, 11) is 1.92. The molecule has 2 atom stereocenters. The minimum atomic E-state index is -4.72. The van der Waals surface area contributed by atoms with E-state index in [4.69, 9.17) is 26.6 Å². The molecule has 51 heavy (non-hydrogen) atoms. The second kappa shape index (κ2) is 20.6. The molecule has 8 nitrogen and oxygen atoms in total. The van der Waals surface area contributed by atoms with Crippen LogP contribution in [0.15, 0.2) is 91.0 Å². The quantitative estimate of drug-likeness (QED) is 0.114. The maximum atomic E-state index is 12.4. The van der Waals surface area contributed by atoms with Gasteiger partial charge in [-0.2, -0.15) is 0 Å². The zero-order valence-corrected chi connectivity index (χ0v) is 29.9. The van der Waals surface area contributed by atoms with E-state index in [0.29, 0.717) is 5.56 Å². The number of amides is 1. The molecule has 0 heterocycles. The zero-order valence-electron chi connectivity index (χ0n) is 29.2. The Labute approximate surface area is 301 Å². The average molecular weight is 729 g/mol. The molecule has 274 valence electrons. The van der Waals surface area contributed by atoms with Crippen LogP contribution in [0.1, 0.15) is 78.9 Å². The van der Waals surface area contributed by atoms with Gasteiger partial charge in [0.05, 0.1) is 6.42 Å². The number of carbonyl (C=O) groups is 3. The van der Waals surface area contributed by atoms with Gasteiger partial charge in [-0.1, -0.05) is 74.3 Å². The number of halogens is 4. The molecule has 4 aromatic rings. The van der Waals surface area contributed by atoms with Crippen molar-refractivity contribution < 1.29 is 42.5 Å². The number of aryl methyl sites for hydroxylation is 1. The van der Waals surface area contributed by atoms with E-state index in [0.717, 1.165) is 41.6 Å². The summed E-state index contributed by atoms with van der Waals surface area (Å²) in [4.78, 5) is 31.7. The van der Waals surface area contributed by atoms with E-state index in [9.17, 15) is 22.8 Å². The smallest absolute Gasteiger partial charge is 0.481 e. The van der Waals surface area contributed by atoms with Gasteiger partial charge < -0.3 is 25.6 Å². The Bertz CT molecular complexity index is 1690. The zero-order chi connectivity index (χ0) is 38.1. The van der Waals surface area contributed by atoms with E-state index in [1.165, 1.54) is 28.8 Å². The second-order valence-corrected chi connectivity index (χ2v) is 12.1. The first kappa shape index (κ1) is 42.1. The Morgan fingerprint density at radius 1 is 0.882 bits per heavy atom. The van der Waals surface area contributed by atoms with Crippen LogP contribution in [-0.4, -0.2) is 48.0 Å². The van der Waals surface area contributed by atoms with Crippen LogP contribution in [0.2, 0.25) is 5.02 Å². The third-order valence-corrected chi connectivity index (χ3v) is 7.98. The summed E-state index contributed by atoms with van der Waals surface area (Å²) < 4.78 is 41.0. The number of anilines is 1. The van der Waals surface area contributed by atoms with Gasteiger partial charge in [0.25, 0.3) is 11.9 Å². The Hall–Kier alpha value is -5.03. The standard InChI is InChI=1S/C23H26F3NO4.C14H14ClN.C2H4O2/c1-3-4-20(15(2)16-9-11-19(12-10-16)31-23(24,25)26)17-5-7-18(8-6-17)22(30)27-14-13-21(28)29;1-10-9-12(15)5-8-14(10)11-3-6-13(16-2)7-4-11;1-2(3)4/h5-12,15,20H,3-4,13-14H2,1-2H3,(H,27,30)(H,28,29);3-9,16H,1-2H3;1H3,(H,3,4)/t15-,20-;;/m1../s1. The number of rotatable bonds is 12. The molecular weight excluding hydrogens is 685 g/mol. The lowest BCUT2D eigenvalue weighted by Gasteiger charge is -2.25. The molecule has 0 aliphatic carbocycles. The highest BCUT2D eigenvalue weighted by Crippen LogP contribution is 2.37. The number of hydrogen-bond donors (Lipinski definition) is 4. The van der Waals surface area contributed by atoms with Crippen molar-refractivity contribution in [2.45, 2.75) is 65.2 Å². The third kappa shape index (κ3) is 15.2. The molecule has 0 aromatic heterocycles. The van der Waals surface area contributed by atoms with E-state index in [-0.39, 0.29) is 36.5 Å². The van der Waals surface area contributed by atoms with Gasteiger partial charge in [0.1, 0.15) is 5.75 Å². The van der Waals surface area contributed by atoms with Crippen molar-refractivity contribution in [1.82, 2.24) is 5.32 Å². The van der Waals surface area contributed by atoms with Crippen LogP contribution in [0.4, 0.5) is 18.9 Å². The molecule has 0 saturated heterocycles. The van der Waals surface area contributed by atoms with Crippen molar-refractivity contribution in [3.63, 3.8) is 0 Å². The number of aliphatic carboxylic acids is 2. The van der Waals surface area contributed by atoms with Gasteiger partial charge >= 0.3 is 12.3 Å². The molecule has 12 heteroatoms. The first-order chi connectivity index (χ1) is 24.0. The Morgan fingerprint density at radius 3 is 1.94 bits per heavy atom. The van der Waals surface area contributed by atoms with E-state index < -0.39 is 18.3 Å². The molecule has 0 saturated carbocycles. The fourth-order valence-corrected chi connectivity index (χ4v) is 5.48. The summed E-state index contributed by atoms with van der Waals surface area (Å²) in [6.07, 6.45) is -3.08. The predicted molar refractivity (Wildman–Crippen MR) is 195 cm³/mol. The topological polar surface area (TPSA) is 125 Å². The van der Waals surface area contributed by atoms with Gasteiger partial charge in [0.2, 0.25) is 0 Å². The summed E-state index contributed by atoms with van der Waals surface area (Å²) in [5, 5.41) is 22.5. The fraction of sp³-hybridized carbons (Fsp3) is 0.308. The first-order valence-electron chi connectivity index (χ1n) is 16.2. The van der Waals surface area contributed by atoms with Gasteiger partial charge in [-0.15, -0.1) is 13.2 Å². The maximum absolute atomic E-state index is 12.4. The summed E-state index contributed by atoms with van der Waals surface area (Å²) in [5.41, 5.74) is 7.11. The van der Waals surface area contributed by atoms with E-state index in [1.807, 2.05) is 38.2 Å². The molecule has 4 rings (SSSR count). The molecule has 0 unspecified atom stereocenters. The molecule has 0 spiro atoms. The highest BCUT2D eigenvalue weighted by atomic mass is 35.5. The lowest BCUT2D eigenvalue weighted by atomic mass is 9.80. The molecule has 0 fully saturated rings. The number of benzene rings is 4. The summed E-state index contributed by atoms with van der Waals surface area (Å²) in [5.74, 6) is -2.26. The molecule has 0 radical (unpaired) electrons. The number of alkyl halides is 3. The first-order valence-corrected chi connectivity index (χ1v) is 16.6. The van der Waals surface area contributed by atoms with Crippen LogP contribution >= 0.6 is 11.6 Å². The van der Waals surface area contributed by atoms with Gasteiger partial charge in [0, 0.05) is 36.8 Å². The largest absolute Gasteiger partial charge is 0.573 e. The van der Waals surface area contributed by atoms with Crippen LogP contribution in [0, 0.1) is 6.92 Å². The molecule has 1 amide bonds. The minimum absolute atomic E-state index is 0.0372. The van der Waals surface area contributed by atoms with Crippen LogP contribution in [-0.2, 0) is 9.59 Å². The molecule has 0 aliphatic heterocycles. The lowest BCUT2D eigenvalue weighted by Crippen LogP contribution is -2.26. The van der Waals surface area contributed by atoms with E-state index in [2.05, 4.69) is 59.5 Å². The van der Waals surface area contributed by atoms with E-state index >= 15 is 0 Å². The van der Waals surface area contributed by atoms with Gasteiger partial charge in [-0.3, -0.25) is 14.4 Å². The number of ether oxygens (including phenoxy) is 1. The summed E-state index contributed by atoms with van der Waals surface area (Å²) in [6.45, 7) is 7.30. The number of carbonyl (C=O) groups excluding carboxylic acids is 1. The molecule has 0 aliphatic rings. The molecule has 4 aromatic carbocycles. The monoisotopic (exact) mass is 728 g/mol. The normalized spacial score (nSPS) is 11.8. The Balaban J connectivity index is 0.000000373. The van der Waals surface area contributed by atoms with Crippen LogP contribution in [0.25, 0.3) is 11.1 Å². The average Bonchev–Trinajstić information content (AvgIpc) is 3.06.